The van der Waals surface area contributed by atoms with Crippen LogP contribution >= 0.6 is 0 Å². The highest BCUT2D eigenvalue weighted by Crippen LogP contribution is 2.25. The monoisotopic (exact) mass is 465 g/mol. The van der Waals surface area contributed by atoms with Crippen molar-refractivity contribution < 1.29 is 4.79 Å². The molecule has 0 saturated heterocycles. The molecule has 1 amide bonds. The summed E-state index contributed by atoms with van der Waals surface area (Å²) in [5.74, 6) is 0.894. The van der Waals surface area contributed by atoms with Crippen molar-refractivity contribution in [1.82, 2.24) is 30.5 Å². The maximum Gasteiger partial charge on any atom is 0.272 e. The minimum absolute atomic E-state index is 0.322. The van der Waals surface area contributed by atoms with Crippen LogP contribution in [0.5, 0.6) is 0 Å². The zero-order chi connectivity index (χ0) is 24.4. The number of carbonyl (C=O) groups is 1. The number of H-pyrrole nitrogens is 2. The average molecular weight is 466 g/mol. The molecule has 10 heteroatoms. The van der Waals surface area contributed by atoms with Crippen molar-refractivity contribution in [2.24, 2.45) is 11.5 Å². The quantitative estimate of drug-likeness (QED) is 0.208. The zero-order valence-electron chi connectivity index (χ0n) is 18.8. The molecule has 0 aliphatic heterocycles. The van der Waals surface area contributed by atoms with Crippen molar-refractivity contribution in [3.63, 3.8) is 0 Å². The van der Waals surface area contributed by atoms with Crippen LogP contribution in [-0.2, 0) is 0 Å². The zero-order valence-corrected chi connectivity index (χ0v) is 18.8. The molecule has 10 nitrogen and oxygen atoms in total. The van der Waals surface area contributed by atoms with Gasteiger partial charge in [0.15, 0.2) is 5.82 Å². The SMILES string of the molecule is C/C(N)=C(/C=C\N)NC(=O)c1cc2ccc(-c3nccc(Nc4ccc5[nH]ncc5c4)n3)cc2[nH]1. The largest absolute Gasteiger partial charge is 0.405 e. The van der Waals surface area contributed by atoms with Gasteiger partial charge in [0.2, 0.25) is 0 Å². The second-order valence-electron chi connectivity index (χ2n) is 7.96. The first-order chi connectivity index (χ1) is 17.0. The predicted octanol–water partition coefficient (Wildman–Crippen LogP) is 3.64. The van der Waals surface area contributed by atoms with Crippen LogP contribution < -0.4 is 22.1 Å². The molecule has 0 spiro atoms. The number of hydrogen-bond acceptors (Lipinski definition) is 7. The molecule has 5 rings (SSSR count). The number of amides is 1. The van der Waals surface area contributed by atoms with Gasteiger partial charge in [-0.3, -0.25) is 9.89 Å². The maximum atomic E-state index is 12.7. The number of anilines is 2. The van der Waals surface area contributed by atoms with Crippen LogP contribution in [0.15, 0.2) is 84.6 Å². The van der Waals surface area contributed by atoms with E-state index in [-0.39, 0.29) is 5.91 Å². The number of nitrogens with two attached hydrogens (primary N) is 2. The summed E-state index contributed by atoms with van der Waals surface area (Å²) in [5, 5.41) is 14.9. The minimum atomic E-state index is -0.322. The summed E-state index contributed by atoms with van der Waals surface area (Å²) in [7, 11) is 0. The van der Waals surface area contributed by atoms with E-state index in [1.54, 1.807) is 37.5 Å². The Labute approximate surface area is 200 Å². The molecule has 0 bridgehead atoms. The molecule has 0 unspecified atom stereocenters. The molecule has 3 aromatic heterocycles. The van der Waals surface area contributed by atoms with E-state index in [4.69, 9.17) is 11.5 Å². The Hall–Kier alpha value is -5.12. The third kappa shape index (κ3) is 4.53. The van der Waals surface area contributed by atoms with Crippen molar-refractivity contribution in [2.75, 3.05) is 5.32 Å². The number of aromatic amines is 2. The third-order valence-corrected chi connectivity index (χ3v) is 5.43. The lowest BCUT2D eigenvalue weighted by molar-refractivity contribution is 0.0962. The molecule has 0 atom stereocenters. The number of hydrogen-bond donors (Lipinski definition) is 6. The molecule has 0 aliphatic carbocycles. The highest BCUT2D eigenvalue weighted by Gasteiger charge is 2.13. The summed E-state index contributed by atoms with van der Waals surface area (Å²) in [6, 6.07) is 15.2. The molecular formula is C25H23N9O. The summed E-state index contributed by atoms with van der Waals surface area (Å²) in [5.41, 5.74) is 16.0. The standard InChI is InChI=1S/C25H23N9O/c1-14(27)19(6-8-26)32-25(35)22-11-15-2-3-16(12-21(15)31-22)24-28-9-7-23(33-24)30-18-4-5-20-17(10-18)13-29-34-20/h2-13,31H,26-27H2,1H3,(H,29,34)(H,32,35)(H,28,30,33)/b8-6-,19-14+. The van der Waals surface area contributed by atoms with Crippen molar-refractivity contribution in [1.29, 1.82) is 0 Å². The summed E-state index contributed by atoms with van der Waals surface area (Å²) >= 11 is 0. The fraction of sp³-hybridized carbons (Fsp3) is 0.0400. The van der Waals surface area contributed by atoms with E-state index in [0.29, 0.717) is 28.7 Å². The van der Waals surface area contributed by atoms with Crippen molar-refractivity contribution in [2.45, 2.75) is 6.92 Å². The summed E-state index contributed by atoms with van der Waals surface area (Å²) < 4.78 is 0. The smallest absolute Gasteiger partial charge is 0.272 e. The molecule has 0 radical (unpaired) electrons. The van der Waals surface area contributed by atoms with Crippen LogP contribution in [0.3, 0.4) is 0 Å². The first-order valence-electron chi connectivity index (χ1n) is 10.8. The van der Waals surface area contributed by atoms with Crippen LogP contribution in [0.2, 0.25) is 0 Å². The number of allylic oxidation sites excluding steroid dienone is 2. The van der Waals surface area contributed by atoms with Crippen molar-refractivity contribution in [3.8, 4) is 11.4 Å². The minimum Gasteiger partial charge on any atom is -0.405 e. The van der Waals surface area contributed by atoms with E-state index in [1.807, 2.05) is 36.4 Å². The number of nitrogens with zero attached hydrogens (tertiary/aromatic N) is 3. The highest BCUT2D eigenvalue weighted by molar-refractivity contribution is 5.99. The number of aromatic nitrogens is 5. The van der Waals surface area contributed by atoms with Gasteiger partial charge < -0.3 is 27.1 Å². The lowest BCUT2D eigenvalue weighted by Gasteiger charge is -2.07. The van der Waals surface area contributed by atoms with E-state index in [0.717, 1.165) is 33.1 Å². The third-order valence-electron chi connectivity index (χ3n) is 5.43. The number of carbonyl (C=O) groups excluding carboxylic acids is 1. The van der Waals surface area contributed by atoms with E-state index in [2.05, 4.69) is 35.8 Å². The van der Waals surface area contributed by atoms with E-state index in [1.165, 1.54) is 6.20 Å². The average Bonchev–Trinajstić information content (AvgIpc) is 3.50. The summed E-state index contributed by atoms with van der Waals surface area (Å²) in [4.78, 5) is 24.9. The number of nitrogens with one attached hydrogen (secondary N) is 4. The van der Waals surface area contributed by atoms with Crippen LogP contribution in [0, 0.1) is 0 Å². The lowest BCUT2D eigenvalue weighted by atomic mass is 10.1. The number of fused-ring (bicyclic) bond motifs is 2. The Balaban J connectivity index is 1.39. The summed E-state index contributed by atoms with van der Waals surface area (Å²) in [6.45, 7) is 1.69. The highest BCUT2D eigenvalue weighted by atomic mass is 16.1. The molecule has 8 N–H and O–H groups in total. The van der Waals surface area contributed by atoms with Crippen LogP contribution in [-0.4, -0.2) is 31.1 Å². The van der Waals surface area contributed by atoms with Gasteiger partial charge in [-0.1, -0.05) is 12.1 Å². The van der Waals surface area contributed by atoms with Crippen molar-refractivity contribution in [3.05, 3.63) is 90.3 Å². The number of rotatable bonds is 6. The fourth-order valence-electron chi connectivity index (χ4n) is 3.68. The van der Waals surface area contributed by atoms with E-state index in [9.17, 15) is 4.79 Å². The van der Waals surface area contributed by atoms with Crippen LogP contribution in [0.25, 0.3) is 33.2 Å². The summed E-state index contributed by atoms with van der Waals surface area (Å²) in [6.07, 6.45) is 6.34. The normalized spacial score (nSPS) is 12.3. The fourth-order valence-corrected chi connectivity index (χ4v) is 3.68. The molecule has 0 fully saturated rings. The first kappa shape index (κ1) is 21.7. The molecule has 3 heterocycles. The molecule has 5 aromatic rings. The van der Waals surface area contributed by atoms with Gasteiger partial charge in [-0.15, -0.1) is 0 Å². The predicted molar refractivity (Wildman–Crippen MR) is 136 cm³/mol. The van der Waals surface area contributed by atoms with E-state index >= 15 is 0 Å². The Bertz CT molecular complexity index is 1610. The Morgan fingerprint density at radius 2 is 1.94 bits per heavy atom. The first-order valence-corrected chi connectivity index (χ1v) is 10.8. The second kappa shape index (κ2) is 9.02. The Morgan fingerprint density at radius 1 is 1.06 bits per heavy atom. The van der Waals surface area contributed by atoms with Gasteiger partial charge >= 0.3 is 0 Å². The van der Waals surface area contributed by atoms with Gasteiger partial charge in [-0.05, 0) is 55.6 Å². The topological polar surface area (TPSA) is 163 Å². The molecule has 174 valence electrons. The van der Waals surface area contributed by atoms with Gasteiger partial charge in [-0.25, -0.2) is 9.97 Å². The van der Waals surface area contributed by atoms with Gasteiger partial charge in [0, 0.05) is 39.4 Å². The van der Waals surface area contributed by atoms with E-state index < -0.39 is 0 Å². The van der Waals surface area contributed by atoms with Crippen molar-refractivity contribution >= 4 is 39.2 Å². The molecule has 0 saturated carbocycles. The Kier molecular flexibility index (Phi) is 5.60. The molecular weight excluding hydrogens is 442 g/mol. The molecule has 0 aliphatic rings. The molecule has 2 aromatic carbocycles. The lowest BCUT2D eigenvalue weighted by Crippen LogP contribution is -2.24. The van der Waals surface area contributed by atoms with Gasteiger partial charge in [-0.2, -0.15) is 5.10 Å². The van der Waals surface area contributed by atoms with Gasteiger partial charge in [0.1, 0.15) is 11.5 Å². The molecule has 35 heavy (non-hydrogen) atoms. The van der Waals surface area contributed by atoms with Gasteiger partial charge in [0.05, 0.1) is 17.4 Å². The number of benzene rings is 2. The van der Waals surface area contributed by atoms with Gasteiger partial charge in [0.25, 0.3) is 5.91 Å². The second-order valence-corrected chi connectivity index (χ2v) is 7.96. The van der Waals surface area contributed by atoms with Crippen LogP contribution in [0.1, 0.15) is 17.4 Å². The Morgan fingerprint density at radius 3 is 2.77 bits per heavy atom. The maximum absolute atomic E-state index is 12.7. The van der Waals surface area contributed by atoms with Crippen LogP contribution in [0.4, 0.5) is 11.5 Å².